The van der Waals surface area contributed by atoms with Crippen molar-refractivity contribution in [1.29, 1.82) is 0 Å². The number of amides is 3. The van der Waals surface area contributed by atoms with Crippen molar-refractivity contribution in [3.05, 3.63) is 59.7 Å². The Hall–Kier alpha value is -3.55. The molecule has 1 aliphatic rings. The van der Waals surface area contributed by atoms with Crippen molar-refractivity contribution in [1.82, 2.24) is 10.2 Å². The van der Waals surface area contributed by atoms with Crippen LogP contribution in [0.2, 0.25) is 0 Å². The largest absolute Gasteiger partial charge is 0.468 e. The van der Waals surface area contributed by atoms with E-state index < -0.39 is 5.97 Å². The molecule has 3 amide bonds. The maximum absolute atomic E-state index is 12.6. The summed E-state index contributed by atoms with van der Waals surface area (Å²) in [6, 6.07) is 14.4. The van der Waals surface area contributed by atoms with E-state index in [9.17, 15) is 14.4 Å². The summed E-state index contributed by atoms with van der Waals surface area (Å²) < 4.78 is 4.49. The van der Waals surface area contributed by atoms with Gasteiger partial charge < -0.3 is 25.2 Å². The third kappa shape index (κ3) is 5.97. The molecule has 1 saturated heterocycles. The molecule has 8 heteroatoms. The van der Waals surface area contributed by atoms with Crippen LogP contribution in [0, 0.1) is 0 Å². The average molecular weight is 425 g/mol. The third-order valence-electron chi connectivity index (χ3n) is 5.21. The topological polar surface area (TPSA) is 91.0 Å². The molecule has 2 N–H and O–H groups in total. The van der Waals surface area contributed by atoms with E-state index >= 15 is 0 Å². The van der Waals surface area contributed by atoms with Crippen molar-refractivity contribution >= 4 is 29.3 Å². The number of anilines is 2. The first kappa shape index (κ1) is 22.1. The van der Waals surface area contributed by atoms with Crippen molar-refractivity contribution in [2.75, 3.05) is 44.0 Å². The fourth-order valence-electron chi connectivity index (χ4n) is 3.49. The second-order valence-electron chi connectivity index (χ2n) is 7.45. The lowest BCUT2D eigenvalue weighted by molar-refractivity contribution is -0.139. The van der Waals surface area contributed by atoms with Gasteiger partial charge in [-0.1, -0.05) is 18.2 Å². The van der Waals surface area contributed by atoms with Crippen LogP contribution in [-0.4, -0.2) is 56.6 Å². The number of carbonyl (C=O) groups excluding carboxylic acids is 3. The van der Waals surface area contributed by atoms with Gasteiger partial charge >= 0.3 is 12.0 Å². The van der Waals surface area contributed by atoms with Crippen LogP contribution < -0.4 is 15.5 Å². The number of nitrogens with zero attached hydrogens (tertiary/aromatic N) is 2. The molecule has 1 fully saturated rings. The van der Waals surface area contributed by atoms with Crippen LogP contribution in [0.3, 0.4) is 0 Å². The van der Waals surface area contributed by atoms with E-state index in [0.717, 1.165) is 18.7 Å². The van der Waals surface area contributed by atoms with Crippen molar-refractivity contribution in [3.63, 3.8) is 0 Å². The second kappa shape index (κ2) is 10.5. The Morgan fingerprint density at radius 1 is 1.03 bits per heavy atom. The first-order chi connectivity index (χ1) is 15.0. The van der Waals surface area contributed by atoms with Crippen LogP contribution >= 0.6 is 0 Å². The zero-order valence-electron chi connectivity index (χ0n) is 17.9. The standard InChI is InChI=1S/C23H28N4O4/c1-26(16-18-7-3-4-8-20(18)27-13-5-6-14-27)23(30)25-19-11-9-17(10-12-19)22(29)24-15-21(28)31-2/h3-4,7-12H,5-6,13-16H2,1-2H3,(H,24,29)(H,25,30). The van der Waals surface area contributed by atoms with Crippen molar-refractivity contribution in [2.45, 2.75) is 19.4 Å². The molecule has 1 aliphatic heterocycles. The van der Waals surface area contributed by atoms with Crippen molar-refractivity contribution in [3.8, 4) is 0 Å². The molecule has 2 aromatic carbocycles. The number of rotatable bonds is 7. The highest BCUT2D eigenvalue weighted by molar-refractivity contribution is 5.97. The Morgan fingerprint density at radius 3 is 2.39 bits per heavy atom. The minimum atomic E-state index is -0.522. The Bertz CT molecular complexity index is 923. The number of benzene rings is 2. The van der Waals surface area contributed by atoms with Gasteiger partial charge in [-0.15, -0.1) is 0 Å². The predicted molar refractivity (Wildman–Crippen MR) is 119 cm³/mol. The normalized spacial score (nSPS) is 12.9. The van der Waals surface area contributed by atoms with Gasteiger partial charge in [0.2, 0.25) is 0 Å². The summed E-state index contributed by atoms with van der Waals surface area (Å²) in [5, 5.41) is 5.31. The van der Waals surface area contributed by atoms with Crippen molar-refractivity contribution in [2.24, 2.45) is 0 Å². The van der Waals surface area contributed by atoms with E-state index in [4.69, 9.17) is 0 Å². The van der Waals surface area contributed by atoms with E-state index in [0.29, 0.717) is 17.8 Å². The molecule has 0 aromatic heterocycles. The number of carbonyl (C=O) groups is 3. The molecule has 31 heavy (non-hydrogen) atoms. The molecule has 0 radical (unpaired) electrons. The molecule has 0 spiro atoms. The number of ether oxygens (including phenoxy) is 1. The van der Waals surface area contributed by atoms with Crippen LogP contribution in [0.4, 0.5) is 16.2 Å². The maximum Gasteiger partial charge on any atom is 0.325 e. The molecule has 1 heterocycles. The summed E-state index contributed by atoms with van der Waals surface area (Å²) in [5.41, 5.74) is 3.26. The fourth-order valence-corrected chi connectivity index (χ4v) is 3.49. The number of methoxy groups -OCH3 is 1. The number of nitrogens with one attached hydrogen (secondary N) is 2. The van der Waals surface area contributed by atoms with E-state index in [1.807, 2.05) is 12.1 Å². The maximum atomic E-state index is 12.6. The Balaban J connectivity index is 1.56. The second-order valence-corrected chi connectivity index (χ2v) is 7.45. The minimum Gasteiger partial charge on any atom is -0.468 e. The molecule has 0 saturated carbocycles. The van der Waals surface area contributed by atoms with Crippen LogP contribution in [0.25, 0.3) is 0 Å². The first-order valence-corrected chi connectivity index (χ1v) is 10.3. The molecule has 2 aromatic rings. The number of hydrogen-bond acceptors (Lipinski definition) is 5. The third-order valence-corrected chi connectivity index (χ3v) is 5.21. The highest BCUT2D eigenvalue weighted by Crippen LogP contribution is 2.25. The van der Waals surface area contributed by atoms with E-state index in [2.05, 4.69) is 32.4 Å². The van der Waals surface area contributed by atoms with Gasteiger partial charge in [0.15, 0.2) is 0 Å². The SMILES string of the molecule is COC(=O)CNC(=O)c1ccc(NC(=O)N(C)Cc2ccccc2N2CCCC2)cc1. The summed E-state index contributed by atoms with van der Waals surface area (Å²) >= 11 is 0. The van der Waals surface area contributed by atoms with Gasteiger partial charge in [-0.3, -0.25) is 9.59 Å². The summed E-state index contributed by atoms with van der Waals surface area (Å²) in [6.45, 7) is 2.39. The lowest BCUT2D eigenvalue weighted by Gasteiger charge is -2.24. The molecule has 164 valence electrons. The number of esters is 1. The molecule has 3 rings (SSSR count). The zero-order chi connectivity index (χ0) is 22.2. The lowest BCUT2D eigenvalue weighted by atomic mass is 10.1. The smallest absolute Gasteiger partial charge is 0.325 e. The summed E-state index contributed by atoms with van der Waals surface area (Å²) in [5.74, 6) is -0.912. The van der Waals surface area contributed by atoms with Gasteiger partial charge in [-0.2, -0.15) is 0 Å². The van der Waals surface area contributed by atoms with E-state index in [1.165, 1.54) is 25.6 Å². The molecular formula is C23H28N4O4. The summed E-state index contributed by atoms with van der Waals surface area (Å²) in [6.07, 6.45) is 2.39. The van der Waals surface area contributed by atoms with Gasteiger partial charge in [0.1, 0.15) is 6.54 Å². The van der Waals surface area contributed by atoms with Crippen LogP contribution in [0.5, 0.6) is 0 Å². The highest BCUT2D eigenvalue weighted by atomic mass is 16.5. The van der Waals surface area contributed by atoms with Gasteiger partial charge in [-0.05, 0) is 48.7 Å². The molecule has 8 nitrogen and oxygen atoms in total. The number of hydrogen-bond donors (Lipinski definition) is 2. The first-order valence-electron chi connectivity index (χ1n) is 10.3. The number of urea groups is 1. The fraction of sp³-hybridized carbons (Fsp3) is 0.348. The van der Waals surface area contributed by atoms with E-state index in [1.54, 1.807) is 36.2 Å². The number of para-hydroxylation sites is 1. The summed E-state index contributed by atoms with van der Waals surface area (Å²) in [4.78, 5) is 39.8. The van der Waals surface area contributed by atoms with Crippen molar-refractivity contribution < 1.29 is 19.1 Å². The molecule has 0 atom stereocenters. The molecule has 0 bridgehead atoms. The quantitative estimate of drug-likeness (QED) is 0.667. The summed E-state index contributed by atoms with van der Waals surface area (Å²) in [7, 11) is 3.01. The minimum absolute atomic E-state index is 0.197. The van der Waals surface area contributed by atoms with Gasteiger partial charge in [0, 0.05) is 43.6 Å². The van der Waals surface area contributed by atoms with Gasteiger partial charge in [0.25, 0.3) is 5.91 Å². The Labute approximate surface area is 182 Å². The monoisotopic (exact) mass is 424 g/mol. The molecular weight excluding hydrogens is 396 g/mol. The van der Waals surface area contributed by atoms with Gasteiger partial charge in [0.05, 0.1) is 7.11 Å². The Morgan fingerprint density at radius 2 is 1.71 bits per heavy atom. The van der Waals surface area contributed by atoms with E-state index in [-0.39, 0.29) is 18.5 Å². The average Bonchev–Trinajstić information content (AvgIpc) is 3.32. The van der Waals surface area contributed by atoms with Crippen LogP contribution in [0.15, 0.2) is 48.5 Å². The lowest BCUT2D eigenvalue weighted by Crippen LogP contribution is -2.32. The highest BCUT2D eigenvalue weighted by Gasteiger charge is 2.18. The molecule has 0 unspecified atom stereocenters. The zero-order valence-corrected chi connectivity index (χ0v) is 17.9. The van der Waals surface area contributed by atoms with Gasteiger partial charge in [-0.25, -0.2) is 4.79 Å². The Kier molecular flexibility index (Phi) is 7.48. The van der Waals surface area contributed by atoms with Crippen LogP contribution in [0.1, 0.15) is 28.8 Å². The molecule has 0 aliphatic carbocycles. The predicted octanol–water partition coefficient (Wildman–Crippen LogP) is 2.85. The van der Waals surface area contributed by atoms with Crippen LogP contribution in [-0.2, 0) is 16.1 Å².